The number of hydrogen-bond acceptors (Lipinski definition) is 4. The third kappa shape index (κ3) is 3.51. The van der Waals surface area contributed by atoms with E-state index >= 15 is 0 Å². The van der Waals surface area contributed by atoms with E-state index < -0.39 is 4.92 Å². The van der Waals surface area contributed by atoms with Crippen molar-refractivity contribution >= 4 is 27.5 Å². The lowest BCUT2D eigenvalue weighted by atomic mass is 10.2. The van der Waals surface area contributed by atoms with Crippen molar-refractivity contribution in [1.29, 1.82) is 0 Å². The zero-order valence-electron chi connectivity index (χ0n) is 12.2. The predicted octanol–water partition coefficient (Wildman–Crippen LogP) is 2.85. The number of nitro benzene ring substituents is 1. The molecule has 0 aliphatic rings. The molecule has 8 heteroatoms. The van der Waals surface area contributed by atoms with Gasteiger partial charge in [0.05, 0.1) is 21.6 Å². The number of halogens is 1. The lowest BCUT2D eigenvalue weighted by Crippen LogP contribution is -2.26. The van der Waals surface area contributed by atoms with Gasteiger partial charge in [0.1, 0.15) is 0 Å². The van der Waals surface area contributed by atoms with Gasteiger partial charge < -0.3 is 4.90 Å². The van der Waals surface area contributed by atoms with E-state index in [1.807, 2.05) is 13.1 Å². The van der Waals surface area contributed by atoms with Crippen molar-refractivity contribution in [3.05, 3.63) is 56.3 Å². The van der Waals surface area contributed by atoms with Crippen molar-refractivity contribution in [2.24, 2.45) is 0 Å². The first kappa shape index (κ1) is 16.2. The van der Waals surface area contributed by atoms with Gasteiger partial charge in [0, 0.05) is 37.5 Å². The van der Waals surface area contributed by atoms with E-state index in [1.165, 1.54) is 29.2 Å². The molecule has 0 bridgehead atoms. The molecule has 0 aliphatic heterocycles. The van der Waals surface area contributed by atoms with E-state index in [0.29, 0.717) is 12.1 Å². The summed E-state index contributed by atoms with van der Waals surface area (Å²) in [6.45, 7) is 3.08. The maximum atomic E-state index is 12.3. The van der Waals surface area contributed by atoms with Crippen LogP contribution in [0.15, 0.2) is 34.9 Å². The first-order chi connectivity index (χ1) is 10.4. The minimum atomic E-state index is -0.494. The number of carbonyl (C=O) groups excluding carboxylic acids is 1. The van der Waals surface area contributed by atoms with E-state index in [0.717, 1.165) is 16.7 Å². The van der Waals surface area contributed by atoms with Gasteiger partial charge in [-0.3, -0.25) is 19.6 Å². The van der Waals surface area contributed by atoms with Crippen molar-refractivity contribution in [3.63, 3.8) is 0 Å². The number of non-ortho nitro benzene ring substituents is 1. The maximum absolute atomic E-state index is 12.3. The summed E-state index contributed by atoms with van der Waals surface area (Å²) in [5.41, 5.74) is 1.13. The summed E-state index contributed by atoms with van der Waals surface area (Å²) in [6, 6.07) is 5.55. The highest BCUT2D eigenvalue weighted by Gasteiger charge is 2.16. The number of rotatable bonds is 5. The number of amides is 1. The van der Waals surface area contributed by atoms with Crippen LogP contribution in [0.4, 0.5) is 5.69 Å². The maximum Gasteiger partial charge on any atom is 0.269 e. The molecule has 1 aromatic carbocycles. The Kier molecular flexibility index (Phi) is 4.92. The molecular weight excluding hydrogens is 352 g/mol. The molecule has 1 aromatic heterocycles. The molecule has 2 rings (SSSR count). The predicted molar refractivity (Wildman–Crippen MR) is 84.5 cm³/mol. The Morgan fingerprint density at radius 1 is 1.41 bits per heavy atom. The minimum absolute atomic E-state index is 0.0383. The van der Waals surface area contributed by atoms with E-state index in [1.54, 1.807) is 11.7 Å². The van der Waals surface area contributed by atoms with Crippen LogP contribution in [0.1, 0.15) is 23.0 Å². The van der Waals surface area contributed by atoms with Gasteiger partial charge in [-0.2, -0.15) is 5.10 Å². The Bertz CT molecular complexity index is 697. The summed E-state index contributed by atoms with van der Waals surface area (Å²) in [7, 11) is 1.67. The van der Waals surface area contributed by atoms with Gasteiger partial charge >= 0.3 is 0 Å². The minimum Gasteiger partial charge on any atom is -0.336 e. The van der Waals surface area contributed by atoms with Crippen LogP contribution in [0, 0.1) is 10.1 Å². The first-order valence-corrected chi connectivity index (χ1v) is 7.43. The van der Waals surface area contributed by atoms with E-state index in [9.17, 15) is 14.9 Å². The second-order valence-electron chi connectivity index (χ2n) is 4.74. The van der Waals surface area contributed by atoms with Crippen molar-refractivity contribution in [2.45, 2.75) is 20.0 Å². The second-order valence-corrected chi connectivity index (χ2v) is 5.60. The molecule has 0 atom stereocenters. The normalized spacial score (nSPS) is 10.5. The number of aromatic nitrogens is 2. The molecule has 0 spiro atoms. The van der Waals surface area contributed by atoms with Crippen LogP contribution >= 0.6 is 15.9 Å². The van der Waals surface area contributed by atoms with Crippen LogP contribution in [-0.4, -0.2) is 32.6 Å². The Labute approximate surface area is 135 Å². The second kappa shape index (κ2) is 6.69. The zero-order valence-corrected chi connectivity index (χ0v) is 13.8. The number of aryl methyl sites for hydroxylation is 1. The van der Waals surface area contributed by atoms with E-state index in [4.69, 9.17) is 0 Å². The van der Waals surface area contributed by atoms with Crippen molar-refractivity contribution in [3.8, 4) is 0 Å². The summed E-state index contributed by atoms with van der Waals surface area (Å²) >= 11 is 3.42. The summed E-state index contributed by atoms with van der Waals surface area (Å²) in [5.74, 6) is -0.215. The molecule has 22 heavy (non-hydrogen) atoms. The van der Waals surface area contributed by atoms with Crippen LogP contribution in [0.25, 0.3) is 0 Å². The molecule has 0 unspecified atom stereocenters. The summed E-state index contributed by atoms with van der Waals surface area (Å²) in [4.78, 5) is 24.0. The Morgan fingerprint density at radius 2 is 2.05 bits per heavy atom. The molecule has 1 heterocycles. The fourth-order valence-electron chi connectivity index (χ4n) is 1.95. The average Bonchev–Trinajstić information content (AvgIpc) is 2.86. The molecular formula is C14H15BrN4O3. The van der Waals surface area contributed by atoms with E-state index in [-0.39, 0.29) is 11.6 Å². The molecule has 0 saturated carbocycles. The molecule has 0 radical (unpaired) electrons. The highest BCUT2D eigenvalue weighted by molar-refractivity contribution is 9.10. The summed E-state index contributed by atoms with van der Waals surface area (Å²) in [5, 5.41) is 15.0. The fraction of sp³-hybridized carbons (Fsp3) is 0.286. The summed E-state index contributed by atoms with van der Waals surface area (Å²) in [6.07, 6.45) is 1.86. The SMILES string of the molecule is CCn1cc(Br)c(CN(C)C(=O)c2ccc([N+](=O)[O-])cc2)n1. The Morgan fingerprint density at radius 3 is 2.55 bits per heavy atom. The molecule has 0 N–H and O–H groups in total. The van der Waals surface area contributed by atoms with Crippen LogP contribution in [0.3, 0.4) is 0 Å². The van der Waals surface area contributed by atoms with Gasteiger partial charge in [0.15, 0.2) is 0 Å². The van der Waals surface area contributed by atoms with Gasteiger partial charge in [0.25, 0.3) is 11.6 Å². The molecule has 7 nitrogen and oxygen atoms in total. The van der Waals surface area contributed by atoms with Crippen molar-refractivity contribution in [1.82, 2.24) is 14.7 Å². The average molecular weight is 367 g/mol. The third-order valence-electron chi connectivity index (χ3n) is 3.17. The van der Waals surface area contributed by atoms with Gasteiger partial charge in [0.2, 0.25) is 0 Å². The van der Waals surface area contributed by atoms with Crippen LogP contribution < -0.4 is 0 Å². The lowest BCUT2D eigenvalue weighted by Gasteiger charge is -2.16. The highest BCUT2D eigenvalue weighted by atomic mass is 79.9. The molecule has 2 aromatic rings. The fourth-order valence-corrected chi connectivity index (χ4v) is 2.39. The van der Waals surface area contributed by atoms with E-state index in [2.05, 4.69) is 21.0 Å². The van der Waals surface area contributed by atoms with Gasteiger partial charge in [-0.15, -0.1) is 0 Å². The number of benzene rings is 1. The number of hydrogen-bond donors (Lipinski definition) is 0. The smallest absolute Gasteiger partial charge is 0.269 e. The molecule has 1 amide bonds. The van der Waals surface area contributed by atoms with Crippen molar-refractivity contribution in [2.75, 3.05) is 7.05 Å². The van der Waals surface area contributed by atoms with Gasteiger partial charge in [-0.25, -0.2) is 0 Å². The molecule has 116 valence electrons. The number of nitrogens with zero attached hydrogens (tertiary/aromatic N) is 4. The number of carbonyl (C=O) groups is 1. The monoisotopic (exact) mass is 366 g/mol. The van der Waals surface area contributed by atoms with Crippen LogP contribution in [0.2, 0.25) is 0 Å². The zero-order chi connectivity index (χ0) is 16.3. The highest BCUT2D eigenvalue weighted by Crippen LogP contribution is 2.18. The van der Waals surface area contributed by atoms with Crippen LogP contribution in [0.5, 0.6) is 0 Å². The standard InChI is InChI=1S/C14H15BrN4O3/c1-3-18-8-12(15)13(16-18)9-17(2)14(20)10-4-6-11(7-5-10)19(21)22/h4-8H,3,9H2,1-2H3. The lowest BCUT2D eigenvalue weighted by molar-refractivity contribution is -0.384. The van der Waals surface area contributed by atoms with Crippen molar-refractivity contribution < 1.29 is 9.72 Å². The van der Waals surface area contributed by atoms with Gasteiger partial charge in [-0.05, 0) is 35.0 Å². The Balaban J connectivity index is 2.11. The van der Waals surface area contributed by atoms with Gasteiger partial charge in [-0.1, -0.05) is 0 Å². The largest absolute Gasteiger partial charge is 0.336 e. The topological polar surface area (TPSA) is 81.3 Å². The third-order valence-corrected chi connectivity index (χ3v) is 3.83. The summed E-state index contributed by atoms with van der Waals surface area (Å²) < 4.78 is 2.63. The molecule has 0 saturated heterocycles. The quantitative estimate of drug-likeness (QED) is 0.601. The molecule has 0 aliphatic carbocycles. The molecule has 0 fully saturated rings. The number of nitro groups is 1. The van der Waals surface area contributed by atoms with Crippen LogP contribution in [-0.2, 0) is 13.1 Å². The Hall–Kier alpha value is -2.22. The first-order valence-electron chi connectivity index (χ1n) is 6.64.